The van der Waals surface area contributed by atoms with Gasteiger partial charge in [-0.1, -0.05) is 193 Å². The molecule has 0 spiro atoms. The van der Waals surface area contributed by atoms with Crippen LogP contribution in [0.3, 0.4) is 0 Å². The quantitative estimate of drug-likeness (QED) is 0.0265. The van der Waals surface area contributed by atoms with E-state index in [2.05, 4.69) is 26.0 Å². The van der Waals surface area contributed by atoms with Gasteiger partial charge in [-0.25, -0.2) is 0 Å². The van der Waals surface area contributed by atoms with Crippen molar-refractivity contribution in [3.8, 4) is 0 Å². The van der Waals surface area contributed by atoms with Gasteiger partial charge in [0, 0.05) is 12.8 Å². The Morgan fingerprint density at radius 3 is 1.32 bits per heavy atom. The Balaban J connectivity index is 2.26. The van der Waals surface area contributed by atoms with Gasteiger partial charge in [0.25, 0.3) is 0 Å². The molecule has 59 heavy (non-hydrogen) atoms. The number of carbonyl (C=O) groups excluding carboxylic acids is 2. The molecule has 0 aromatic carbocycles. The number of esters is 2. The first-order valence-electron chi connectivity index (χ1n) is 24.8. The molecule has 6 unspecified atom stereocenters. The Labute approximate surface area is 361 Å². The molecule has 348 valence electrons. The zero-order valence-corrected chi connectivity index (χ0v) is 38.0. The molecule has 1 rings (SSSR count). The average Bonchev–Trinajstić information content (AvgIpc) is 3.23. The molecule has 0 bridgehead atoms. The zero-order chi connectivity index (χ0) is 43.0. The van der Waals surface area contributed by atoms with Gasteiger partial charge >= 0.3 is 11.9 Å². The lowest BCUT2D eigenvalue weighted by molar-refractivity contribution is -0.305. The molecular weight excluding hydrogens is 749 g/mol. The van der Waals surface area contributed by atoms with Crippen LogP contribution < -0.4 is 0 Å². The van der Waals surface area contributed by atoms with Gasteiger partial charge in [-0.3, -0.25) is 9.59 Å². The molecule has 10 heteroatoms. The molecule has 1 aliphatic heterocycles. The Hall–Kier alpha value is -1.56. The molecule has 1 heterocycles. The summed E-state index contributed by atoms with van der Waals surface area (Å²) in [5.41, 5.74) is 0. The smallest absolute Gasteiger partial charge is 0.306 e. The van der Waals surface area contributed by atoms with E-state index in [1.807, 2.05) is 0 Å². The van der Waals surface area contributed by atoms with Crippen LogP contribution in [0.25, 0.3) is 0 Å². The number of hydrogen-bond donors (Lipinski definition) is 4. The molecule has 1 saturated heterocycles. The first-order valence-corrected chi connectivity index (χ1v) is 24.8. The maximum atomic E-state index is 12.8. The van der Waals surface area contributed by atoms with Crippen LogP contribution in [0.2, 0.25) is 0 Å². The van der Waals surface area contributed by atoms with Crippen LogP contribution >= 0.6 is 0 Å². The molecule has 0 radical (unpaired) electrons. The highest BCUT2D eigenvalue weighted by atomic mass is 16.7. The molecule has 0 aromatic heterocycles. The number of ether oxygens (including phenoxy) is 4. The van der Waals surface area contributed by atoms with Crippen molar-refractivity contribution in [2.75, 3.05) is 19.8 Å². The van der Waals surface area contributed by atoms with Crippen LogP contribution in [-0.2, 0) is 28.5 Å². The van der Waals surface area contributed by atoms with Crippen LogP contribution in [0, 0.1) is 0 Å². The van der Waals surface area contributed by atoms with Crippen molar-refractivity contribution >= 4 is 11.9 Å². The zero-order valence-electron chi connectivity index (χ0n) is 38.0. The summed E-state index contributed by atoms with van der Waals surface area (Å²) in [4.78, 5) is 25.4. The minimum Gasteiger partial charge on any atom is -0.462 e. The monoisotopic (exact) mass is 841 g/mol. The fraction of sp³-hybridized carbons (Fsp3) is 0.918. The maximum absolute atomic E-state index is 12.8. The van der Waals surface area contributed by atoms with Crippen molar-refractivity contribution < 1.29 is 49.0 Å². The van der Waals surface area contributed by atoms with Crippen molar-refractivity contribution in [3.63, 3.8) is 0 Å². The number of carbonyl (C=O) groups is 2. The molecule has 6 atom stereocenters. The minimum absolute atomic E-state index is 0.215. The van der Waals surface area contributed by atoms with Gasteiger partial charge in [0.1, 0.15) is 31.0 Å². The predicted molar refractivity (Wildman–Crippen MR) is 238 cm³/mol. The Morgan fingerprint density at radius 2 is 0.898 bits per heavy atom. The number of hydrogen-bond acceptors (Lipinski definition) is 10. The summed E-state index contributed by atoms with van der Waals surface area (Å²) in [5, 5.41) is 40.1. The lowest BCUT2D eigenvalue weighted by Gasteiger charge is -2.39. The van der Waals surface area contributed by atoms with E-state index in [0.29, 0.717) is 6.42 Å². The second kappa shape index (κ2) is 40.5. The molecule has 0 aliphatic carbocycles. The lowest BCUT2D eigenvalue weighted by Crippen LogP contribution is -2.59. The van der Waals surface area contributed by atoms with Crippen LogP contribution in [0.4, 0.5) is 0 Å². The van der Waals surface area contributed by atoms with Crippen molar-refractivity contribution in [2.24, 2.45) is 0 Å². The van der Waals surface area contributed by atoms with E-state index in [-0.39, 0.29) is 32.0 Å². The van der Waals surface area contributed by atoms with E-state index in [4.69, 9.17) is 18.9 Å². The topological polar surface area (TPSA) is 152 Å². The highest BCUT2D eigenvalue weighted by Gasteiger charge is 2.44. The van der Waals surface area contributed by atoms with Crippen molar-refractivity contribution in [3.05, 3.63) is 12.2 Å². The predicted octanol–water partition coefficient (Wildman–Crippen LogP) is 11.1. The first-order chi connectivity index (χ1) is 28.8. The largest absolute Gasteiger partial charge is 0.462 e. The summed E-state index contributed by atoms with van der Waals surface area (Å²) < 4.78 is 22.2. The second-order valence-corrected chi connectivity index (χ2v) is 17.3. The lowest BCUT2D eigenvalue weighted by atomic mass is 9.99. The highest BCUT2D eigenvalue weighted by molar-refractivity contribution is 5.70. The third-order valence-electron chi connectivity index (χ3n) is 11.7. The number of aliphatic hydroxyl groups is 4. The molecular formula is C49H92O10. The average molecular weight is 841 g/mol. The van der Waals surface area contributed by atoms with E-state index in [9.17, 15) is 30.0 Å². The van der Waals surface area contributed by atoms with Gasteiger partial charge in [-0.15, -0.1) is 0 Å². The fourth-order valence-electron chi connectivity index (χ4n) is 7.71. The van der Waals surface area contributed by atoms with Crippen molar-refractivity contribution in [1.29, 1.82) is 0 Å². The summed E-state index contributed by atoms with van der Waals surface area (Å²) >= 11 is 0. The number of allylic oxidation sites excluding steroid dienone is 2. The van der Waals surface area contributed by atoms with Gasteiger partial charge in [-0.2, -0.15) is 0 Å². The summed E-state index contributed by atoms with van der Waals surface area (Å²) in [6.07, 6.45) is 36.5. The molecule has 1 fully saturated rings. The van der Waals surface area contributed by atoms with Crippen LogP contribution in [0.15, 0.2) is 12.2 Å². The molecule has 4 N–H and O–H groups in total. The standard InChI is InChI=1S/C49H92O10/c1-3-5-7-9-11-13-15-17-19-20-21-22-24-25-27-29-31-33-35-37-44(51)56-40-42(41-57-49-48(55)47(54)46(53)43(39-50)59-49)58-45(52)38-36-34-32-30-28-26-23-18-16-14-12-10-8-6-4-2/h18,23,42-43,46-50,53-55H,3-17,19-22,24-41H2,1-2H3/b23-18-. The first kappa shape index (κ1) is 55.5. The van der Waals surface area contributed by atoms with Crippen molar-refractivity contribution in [2.45, 2.75) is 269 Å². The van der Waals surface area contributed by atoms with Gasteiger partial charge in [0.2, 0.25) is 0 Å². The van der Waals surface area contributed by atoms with Crippen LogP contribution in [-0.4, -0.2) is 89.0 Å². The van der Waals surface area contributed by atoms with Crippen molar-refractivity contribution in [1.82, 2.24) is 0 Å². The number of rotatable bonds is 42. The van der Waals surface area contributed by atoms with Gasteiger partial charge in [0.15, 0.2) is 12.4 Å². The molecule has 0 saturated carbocycles. The summed E-state index contributed by atoms with van der Waals surface area (Å²) in [7, 11) is 0. The van der Waals surface area contributed by atoms with Crippen LogP contribution in [0.1, 0.15) is 232 Å². The van der Waals surface area contributed by atoms with Gasteiger partial charge in [-0.05, 0) is 38.5 Å². The number of unbranched alkanes of at least 4 members (excludes halogenated alkanes) is 29. The molecule has 10 nitrogen and oxygen atoms in total. The summed E-state index contributed by atoms with van der Waals surface area (Å²) in [6, 6.07) is 0. The maximum Gasteiger partial charge on any atom is 0.306 e. The Morgan fingerprint density at radius 1 is 0.508 bits per heavy atom. The highest BCUT2D eigenvalue weighted by Crippen LogP contribution is 2.23. The van der Waals surface area contributed by atoms with Gasteiger partial charge in [0.05, 0.1) is 13.2 Å². The van der Waals surface area contributed by atoms with Gasteiger partial charge < -0.3 is 39.4 Å². The molecule has 0 amide bonds. The van der Waals surface area contributed by atoms with E-state index < -0.39 is 49.4 Å². The Bertz CT molecular complexity index is 974. The molecule has 0 aromatic rings. The Kier molecular flexibility index (Phi) is 38.1. The normalized spacial score (nSPS) is 20.0. The van der Waals surface area contributed by atoms with Crippen LogP contribution in [0.5, 0.6) is 0 Å². The van der Waals surface area contributed by atoms with E-state index in [1.165, 1.54) is 148 Å². The van der Waals surface area contributed by atoms with E-state index in [0.717, 1.165) is 51.4 Å². The third-order valence-corrected chi connectivity index (χ3v) is 11.7. The second-order valence-electron chi connectivity index (χ2n) is 17.3. The third kappa shape index (κ3) is 31.9. The summed E-state index contributed by atoms with van der Waals surface area (Å²) in [6.45, 7) is 3.45. The van der Waals surface area contributed by atoms with E-state index >= 15 is 0 Å². The summed E-state index contributed by atoms with van der Waals surface area (Å²) in [5.74, 6) is -0.803. The minimum atomic E-state index is -1.59. The molecule has 1 aliphatic rings. The fourth-order valence-corrected chi connectivity index (χ4v) is 7.71. The SMILES string of the molecule is CCCCCCCC/C=C\CCCCCCCC(=O)OC(COC(=O)CCCCCCCCCCCCCCCCCCCCC)COC1OC(CO)C(O)C(O)C1O. The van der Waals surface area contributed by atoms with E-state index in [1.54, 1.807) is 0 Å². The number of aliphatic hydroxyl groups excluding tert-OH is 4.